The van der Waals surface area contributed by atoms with Gasteiger partial charge in [-0.2, -0.15) is 0 Å². The largest absolute Gasteiger partial charge is 0.489 e. The van der Waals surface area contributed by atoms with Gasteiger partial charge in [0.1, 0.15) is 18.2 Å². The first-order valence-electron chi connectivity index (χ1n) is 8.86. The molecule has 0 aliphatic rings. The molecule has 0 aliphatic heterocycles. The van der Waals surface area contributed by atoms with E-state index >= 15 is 0 Å². The van der Waals surface area contributed by atoms with Crippen LogP contribution in [0.2, 0.25) is 0 Å². The lowest BCUT2D eigenvalue weighted by atomic mass is 10.2. The lowest BCUT2D eigenvalue weighted by Gasteiger charge is -2.10. The highest BCUT2D eigenvalue weighted by Crippen LogP contribution is 2.17. The van der Waals surface area contributed by atoms with Crippen LogP contribution in [0.3, 0.4) is 0 Å². The molecule has 1 N–H and O–H groups in total. The molecular formula is C21H21FN2O3S. The Morgan fingerprint density at radius 2 is 1.96 bits per heavy atom. The Balaban J connectivity index is 1.56. The molecule has 1 amide bonds. The lowest BCUT2D eigenvalue weighted by Crippen LogP contribution is -2.20. The highest BCUT2D eigenvalue weighted by Gasteiger charge is 2.10. The highest BCUT2D eigenvalue weighted by molar-refractivity contribution is 7.09. The summed E-state index contributed by atoms with van der Waals surface area (Å²) in [5.74, 6) is -0.0756. The van der Waals surface area contributed by atoms with Gasteiger partial charge >= 0.3 is 4.87 Å². The van der Waals surface area contributed by atoms with Gasteiger partial charge in [0.15, 0.2) is 0 Å². The minimum Gasteiger partial charge on any atom is -0.489 e. The normalized spacial score (nSPS) is 10.7. The van der Waals surface area contributed by atoms with Gasteiger partial charge in [0, 0.05) is 35.3 Å². The molecule has 1 aromatic heterocycles. The Morgan fingerprint density at radius 1 is 1.18 bits per heavy atom. The number of hydrogen-bond acceptors (Lipinski definition) is 4. The van der Waals surface area contributed by atoms with E-state index in [1.54, 1.807) is 22.8 Å². The fourth-order valence-electron chi connectivity index (χ4n) is 2.75. The van der Waals surface area contributed by atoms with Gasteiger partial charge in [0.2, 0.25) is 5.91 Å². The molecule has 7 heteroatoms. The first-order chi connectivity index (χ1) is 13.4. The standard InChI is InChI=1S/C21H21FN2O3S/c1-14-15(2)28-21(26)24(14)10-9-20(25)23-18-7-3-5-16(11-18)13-27-19-8-4-6-17(22)12-19/h3-8,11-12H,9-10,13H2,1-2H3,(H,23,25). The molecule has 2 aromatic carbocycles. The number of carbonyl (C=O) groups excluding carboxylic acids is 1. The predicted molar refractivity (Wildman–Crippen MR) is 108 cm³/mol. The molecule has 0 atom stereocenters. The molecule has 146 valence electrons. The summed E-state index contributed by atoms with van der Waals surface area (Å²) in [6, 6.07) is 13.2. The average molecular weight is 400 g/mol. The van der Waals surface area contributed by atoms with Gasteiger partial charge in [-0.3, -0.25) is 9.59 Å². The van der Waals surface area contributed by atoms with Crippen LogP contribution in [0.5, 0.6) is 5.75 Å². The van der Waals surface area contributed by atoms with Gasteiger partial charge in [-0.1, -0.05) is 29.5 Å². The maximum Gasteiger partial charge on any atom is 0.307 e. The second-order valence-electron chi connectivity index (χ2n) is 6.41. The lowest BCUT2D eigenvalue weighted by molar-refractivity contribution is -0.116. The van der Waals surface area contributed by atoms with Crippen LogP contribution in [-0.4, -0.2) is 10.5 Å². The van der Waals surface area contributed by atoms with E-state index in [1.807, 2.05) is 32.0 Å². The van der Waals surface area contributed by atoms with Crippen molar-refractivity contribution in [1.82, 2.24) is 4.57 Å². The third-order valence-corrected chi connectivity index (χ3v) is 5.35. The number of hydrogen-bond donors (Lipinski definition) is 1. The Morgan fingerprint density at radius 3 is 2.68 bits per heavy atom. The number of thiazole rings is 1. The summed E-state index contributed by atoms with van der Waals surface area (Å²) < 4.78 is 20.4. The van der Waals surface area contributed by atoms with Crippen molar-refractivity contribution in [3.63, 3.8) is 0 Å². The molecule has 0 aliphatic carbocycles. The Bertz CT molecular complexity index is 1040. The number of nitrogens with zero attached hydrogens (tertiary/aromatic N) is 1. The second-order valence-corrected chi connectivity index (χ2v) is 7.57. The third kappa shape index (κ3) is 5.07. The van der Waals surface area contributed by atoms with Crippen LogP contribution in [0.4, 0.5) is 10.1 Å². The number of ether oxygens (including phenoxy) is 1. The number of aromatic nitrogens is 1. The zero-order valence-corrected chi connectivity index (χ0v) is 16.5. The van der Waals surface area contributed by atoms with Crippen molar-refractivity contribution in [3.05, 3.63) is 80.2 Å². The van der Waals surface area contributed by atoms with Crippen molar-refractivity contribution < 1.29 is 13.9 Å². The third-order valence-electron chi connectivity index (χ3n) is 4.35. The number of halogens is 1. The number of carbonyl (C=O) groups is 1. The number of aryl methyl sites for hydroxylation is 1. The van der Waals surface area contributed by atoms with Crippen LogP contribution in [0.25, 0.3) is 0 Å². The number of anilines is 1. The molecule has 0 saturated heterocycles. The minimum atomic E-state index is -0.353. The van der Waals surface area contributed by atoms with Gasteiger partial charge in [0.05, 0.1) is 0 Å². The summed E-state index contributed by atoms with van der Waals surface area (Å²) in [6.45, 7) is 4.39. The van der Waals surface area contributed by atoms with Crippen LogP contribution < -0.4 is 14.9 Å². The maximum atomic E-state index is 13.2. The number of rotatable bonds is 7. The quantitative estimate of drug-likeness (QED) is 0.644. The summed E-state index contributed by atoms with van der Waals surface area (Å²) in [6.07, 6.45) is 0.209. The topological polar surface area (TPSA) is 60.3 Å². The van der Waals surface area contributed by atoms with Crippen LogP contribution in [0.15, 0.2) is 53.3 Å². The summed E-state index contributed by atoms with van der Waals surface area (Å²) in [5, 5.41) is 2.84. The maximum absolute atomic E-state index is 13.2. The molecule has 0 unspecified atom stereocenters. The van der Waals surface area contributed by atoms with Crippen molar-refractivity contribution in [2.75, 3.05) is 5.32 Å². The molecular weight excluding hydrogens is 379 g/mol. The molecule has 0 spiro atoms. The van der Waals surface area contributed by atoms with Crippen molar-refractivity contribution >= 4 is 22.9 Å². The molecule has 3 aromatic rings. The molecule has 0 bridgehead atoms. The number of nitrogens with one attached hydrogen (secondary N) is 1. The van der Waals surface area contributed by atoms with E-state index in [9.17, 15) is 14.0 Å². The zero-order chi connectivity index (χ0) is 20.1. The van der Waals surface area contributed by atoms with Gasteiger partial charge < -0.3 is 14.6 Å². The minimum absolute atomic E-state index is 0.0423. The average Bonchev–Trinajstić information content (AvgIpc) is 2.90. The van der Waals surface area contributed by atoms with Gasteiger partial charge in [-0.15, -0.1) is 0 Å². The molecule has 0 saturated carbocycles. The molecule has 0 fully saturated rings. The predicted octanol–water partition coefficient (Wildman–Crippen LogP) is 4.27. The monoisotopic (exact) mass is 400 g/mol. The van der Waals surface area contributed by atoms with E-state index in [1.165, 1.54) is 23.5 Å². The van der Waals surface area contributed by atoms with Crippen LogP contribution in [-0.2, 0) is 17.9 Å². The van der Waals surface area contributed by atoms with Gasteiger partial charge in [-0.25, -0.2) is 4.39 Å². The van der Waals surface area contributed by atoms with Gasteiger partial charge in [0.25, 0.3) is 0 Å². The number of benzene rings is 2. The first-order valence-corrected chi connectivity index (χ1v) is 9.68. The van der Waals surface area contributed by atoms with E-state index in [0.29, 0.717) is 18.0 Å². The smallest absolute Gasteiger partial charge is 0.307 e. The van der Waals surface area contributed by atoms with Crippen LogP contribution in [0.1, 0.15) is 22.6 Å². The fourth-order valence-corrected chi connectivity index (χ4v) is 3.60. The van der Waals surface area contributed by atoms with E-state index < -0.39 is 0 Å². The van der Waals surface area contributed by atoms with E-state index in [4.69, 9.17) is 4.74 Å². The SMILES string of the molecule is Cc1sc(=O)n(CCC(=O)Nc2cccc(COc3cccc(F)c3)c2)c1C. The number of amides is 1. The Labute approximate surface area is 166 Å². The van der Waals surface area contributed by atoms with Crippen LogP contribution >= 0.6 is 11.3 Å². The zero-order valence-electron chi connectivity index (χ0n) is 15.7. The van der Waals surface area contributed by atoms with Gasteiger partial charge in [-0.05, 0) is 43.7 Å². The van der Waals surface area contributed by atoms with E-state index in [-0.39, 0.29) is 29.6 Å². The molecule has 1 heterocycles. The summed E-state index contributed by atoms with van der Waals surface area (Å²) in [5.41, 5.74) is 2.40. The molecule has 5 nitrogen and oxygen atoms in total. The molecule has 0 radical (unpaired) electrons. The molecule has 28 heavy (non-hydrogen) atoms. The Kier molecular flexibility index (Phi) is 6.26. The van der Waals surface area contributed by atoms with Crippen molar-refractivity contribution in [1.29, 1.82) is 0 Å². The van der Waals surface area contributed by atoms with Crippen LogP contribution in [0, 0.1) is 19.7 Å². The van der Waals surface area contributed by atoms with Crippen molar-refractivity contribution in [2.24, 2.45) is 0 Å². The van der Waals surface area contributed by atoms with Crippen molar-refractivity contribution in [2.45, 2.75) is 33.4 Å². The Hall–Kier alpha value is -2.93. The fraction of sp³-hybridized carbons (Fsp3) is 0.238. The van der Waals surface area contributed by atoms with E-state index in [0.717, 1.165) is 16.1 Å². The first kappa shape index (κ1) is 19.8. The second kappa shape index (κ2) is 8.84. The summed E-state index contributed by atoms with van der Waals surface area (Å²) in [7, 11) is 0. The summed E-state index contributed by atoms with van der Waals surface area (Å²) >= 11 is 1.20. The highest BCUT2D eigenvalue weighted by atomic mass is 32.1. The van der Waals surface area contributed by atoms with Crippen molar-refractivity contribution in [3.8, 4) is 5.75 Å². The van der Waals surface area contributed by atoms with E-state index in [2.05, 4.69) is 5.32 Å². The molecule has 3 rings (SSSR count). The summed E-state index contributed by atoms with van der Waals surface area (Å²) in [4.78, 5) is 25.1.